The van der Waals surface area contributed by atoms with Crippen molar-refractivity contribution in [2.45, 2.75) is 115 Å². The number of methoxy groups -OCH3 is 1. The summed E-state index contributed by atoms with van der Waals surface area (Å²) in [5.74, 6) is -2.46. The molecule has 3 atom stereocenters. The normalized spacial score (nSPS) is 13.2. The maximum Gasteiger partial charge on any atom is 0.344 e. The van der Waals surface area contributed by atoms with Crippen LogP contribution in [-0.2, 0) is 44.7 Å². The molecule has 13 nitrogen and oxygen atoms in total. The van der Waals surface area contributed by atoms with Gasteiger partial charge in [0.05, 0.1) is 19.4 Å². The summed E-state index contributed by atoms with van der Waals surface area (Å²) < 4.78 is 14.6. The number of benzene rings is 1. The molecule has 1 rings (SSSR count). The predicted octanol–water partition coefficient (Wildman–Crippen LogP) is 4.57. The Kier molecular flexibility index (Phi) is 22.0. The molecular formula is C38H53NO12. The lowest BCUT2D eigenvalue weighted by Gasteiger charge is -2.30. The summed E-state index contributed by atoms with van der Waals surface area (Å²) in [5.41, 5.74) is -2.55. The topological polar surface area (TPSA) is 203 Å². The second-order valence-corrected chi connectivity index (χ2v) is 12.2. The first-order valence-electron chi connectivity index (χ1n) is 17.4. The lowest BCUT2D eigenvalue weighted by Crippen LogP contribution is -2.55. The minimum atomic E-state index is -3.06. The Morgan fingerprint density at radius 2 is 1.53 bits per heavy atom. The molecular weight excluding hydrogens is 662 g/mol. The number of aliphatic hydroxyl groups is 1. The van der Waals surface area contributed by atoms with Crippen molar-refractivity contribution >= 4 is 35.6 Å². The lowest BCUT2D eigenvalue weighted by molar-refractivity contribution is -0.175. The van der Waals surface area contributed by atoms with Gasteiger partial charge in [-0.05, 0) is 50.3 Å². The van der Waals surface area contributed by atoms with Gasteiger partial charge in [0, 0.05) is 19.3 Å². The van der Waals surface area contributed by atoms with Crippen LogP contribution in [0.5, 0.6) is 5.75 Å². The molecule has 0 aliphatic carbocycles. The summed E-state index contributed by atoms with van der Waals surface area (Å²) in [5, 5.41) is 33.5. The first-order chi connectivity index (χ1) is 24.4. The van der Waals surface area contributed by atoms with Gasteiger partial charge in [-0.2, -0.15) is 0 Å². The molecule has 13 heteroatoms. The third kappa shape index (κ3) is 18.2. The Hall–Kier alpha value is -4.70. The molecule has 1 aromatic carbocycles. The van der Waals surface area contributed by atoms with E-state index in [4.69, 9.17) is 9.47 Å². The summed E-state index contributed by atoms with van der Waals surface area (Å²) >= 11 is 0. The molecule has 0 aliphatic rings. The average molecular weight is 716 g/mol. The van der Waals surface area contributed by atoms with E-state index in [1.54, 1.807) is 31.2 Å². The van der Waals surface area contributed by atoms with Gasteiger partial charge in [0.25, 0.3) is 0 Å². The van der Waals surface area contributed by atoms with Gasteiger partial charge in [-0.3, -0.25) is 14.4 Å². The largest absolute Gasteiger partial charge is 0.481 e. The van der Waals surface area contributed by atoms with E-state index in [1.165, 1.54) is 12.5 Å². The smallest absolute Gasteiger partial charge is 0.344 e. The molecule has 0 aromatic heterocycles. The number of hydrogen-bond donors (Lipinski definition) is 4. The SMILES string of the molecule is CC#CCOc1ccc(C[C@H](NC(=O)[C@@H](/C=C/CCCCCCC(=O)CCCCCCC)[C@@](O)(CC(=O)OCC(=O)OC)C(=O)O)C(=O)O)cc1. The molecule has 0 saturated heterocycles. The van der Waals surface area contributed by atoms with Gasteiger partial charge in [-0.1, -0.05) is 75.7 Å². The van der Waals surface area contributed by atoms with Crippen LogP contribution in [0.15, 0.2) is 36.4 Å². The number of ether oxygens (including phenoxy) is 3. The average Bonchev–Trinajstić information content (AvgIpc) is 3.10. The van der Waals surface area contributed by atoms with Crippen molar-refractivity contribution in [1.29, 1.82) is 0 Å². The molecule has 0 radical (unpaired) electrons. The number of esters is 2. The van der Waals surface area contributed by atoms with E-state index >= 15 is 0 Å². The summed E-state index contributed by atoms with van der Waals surface area (Å²) in [7, 11) is 1.05. The van der Waals surface area contributed by atoms with Crippen LogP contribution < -0.4 is 10.1 Å². The Bertz CT molecular complexity index is 1360. The molecule has 51 heavy (non-hydrogen) atoms. The lowest BCUT2D eigenvalue weighted by atomic mass is 9.82. The highest BCUT2D eigenvalue weighted by molar-refractivity contribution is 5.95. The second-order valence-electron chi connectivity index (χ2n) is 12.2. The van der Waals surface area contributed by atoms with Crippen LogP contribution in [0.2, 0.25) is 0 Å². The predicted molar refractivity (Wildman–Crippen MR) is 188 cm³/mol. The number of rotatable bonds is 27. The zero-order valence-electron chi connectivity index (χ0n) is 29.9. The van der Waals surface area contributed by atoms with Crippen molar-refractivity contribution in [3.8, 4) is 17.6 Å². The fourth-order valence-corrected chi connectivity index (χ4v) is 5.08. The monoisotopic (exact) mass is 715 g/mol. The van der Waals surface area contributed by atoms with Crippen molar-refractivity contribution in [2.75, 3.05) is 20.3 Å². The molecule has 0 bridgehead atoms. The van der Waals surface area contributed by atoms with Crippen LogP contribution in [0.4, 0.5) is 0 Å². The van der Waals surface area contributed by atoms with E-state index in [2.05, 4.69) is 28.8 Å². The third-order valence-electron chi connectivity index (χ3n) is 8.09. The van der Waals surface area contributed by atoms with E-state index in [0.29, 0.717) is 37.0 Å². The molecule has 0 heterocycles. The number of hydrogen-bond acceptors (Lipinski definition) is 10. The number of aliphatic carboxylic acids is 2. The Morgan fingerprint density at radius 3 is 2.10 bits per heavy atom. The van der Waals surface area contributed by atoms with Crippen LogP contribution >= 0.6 is 0 Å². The van der Waals surface area contributed by atoms with Crippen molar-refractivity contribution in [3.05, 3.63) is 42.0 Å². The standard InChI is InChI=1S/C38H53NO12/c1-4-6-8-11-14-17-29(40)18-15-12-9-10-13-16-19-31(38(48,37(46)47)26-33(41)51-27-34(42)49-3)35(43)39-32(36(44)45)25-28-20-22-30(23-21-28)50-24-7-5-2/h16,19-23,31-32,48H,4,6,8-15,17-18,24-27H2,1-3H3,(H,39,43)(H,44,45)(H,46,47)/b19-16+/t31-,32+,38+/m1/s1. The molecule has 0 fully saturated rings. The minimum absolute atomic E-state index is 0.168. The van der Waals surface area contributed by atoms with Crippen molar-refractivity contribution in [3.63, 3.8) is 0 Å². The number of allylic oxidation sites excluding steroid dienone is 1. The molecule has 282 valence electrons. The second kappa shape index (κ2) is 25.3. The number of carboxylic acid groups (broad SMARTS) is 2. The van der Waals surface area contributed by atoms with Crippen LogP contribution in [0, 0.1) is 17.8 Å². The number of nitrogens with one attached hydrogen (secondary N) is 1. The molecule has 0 unspecified atom stereocenters. The third-order valence-corrected chi connectivity index (χ3v) is 8.09. The van der Waals surface area contributed by atoms with Gasteiger partial charge < -0.3 is 34.8 Å². The fourth-order valence-electron chi connectivity index (χ4n) is 5.08. The quantitative estimate of drug-likeness (QED) is 0.0429. The van der Waals surface area contributed by atoms with Crippen LogP contribution in [-0.4, -0.2) is 82.9 Å². The van der Waals surface area contributed by atoms with Crippen molar-refractivity contribution in [1.82, 2.24) is 5.32 Å². The van der Waals surface area contributed by atoms with E-state index in [9.17, 15) is 44.1 Å². The van der Waals surface area contributed by atoms with E-state index in [-0.39, 0.29) is 18.8 Å². The van der Waals surface area contributed by atoms with Gasteiger partial charge in [-0.15, -0.1) is 5.92 Å². The summed E-state index contributed by atoms with van der Waals surface area (Å²) in [6.45, 7) is 3.14. The Balaban J connectivity index is 3.00. The van der Waals surface area contributed by atoms with Gasteiger partial charge in [0.15, 0.2) is 12.2 Å². The summed E-state index contributed by atoms with van der Waals surface area (Å²) in [6, 6.07) is 4.88. The van der Waals surface area contributed by atoms with Gasteiger partial charge in [0.2, 0.25) is 5.91 Å². The molecule has 0 saturated carbocycles. The first kappa shape index (κ1) is 44.3. The van der Waals surface area contributed by atoms with E-state index < -0.39 is 60.4 Å². The Labute approximate surface area is 300 Å². The molecule has 1 amide bonds. The van der Waals surface area contributed by atoms with E-state index in [1.807, 2.05) is 0 Å². The molecule has 0 aliphatic heterocycles. The molecule has 4 N–H and O–H groups in total. The number of ketones is 1. The maximum atomic E-state index is 13.5. The number of unbranched alkanes of at least 4 members (excludes halogenated alkanes) is 8. The van der Waals surface area contributed by atoms with Crippen LogP contribution in [0.25, 0.3) is 0 Å². The van der Waals surface area contributed by atoms with Crippen molar-refractivity contribution in [2.24, 2.45) is 5.92 Å². The number of carbonyl (C=O) groups is 6. The number of carbonyl (C=O) groups excluding carboxylic acids is 4. The van der Waals surface area contributed by atoms with Crippen molar-refractivity contribution < 1.29 is 58.3 Å². The maximum absolute atomic E-state index is 13.5. The zero-order chi connectivity index (χ0) is 38.1. The molecule has 1 aromatic rings. The number of amides is 1. The van der Waals surface area contributed by atoms with Gasteiger partial charge in [0.1, 0.15) is 24.2 Å². The number of Topliss-reactive ketones (excluding diaryl/α,β-unsaturated/α-hetero) is 1. The first-order valence-corrected chi connectivity index (χ1v) is 17.4. The fraction of sp³-hybridized carbons (Fsp3) is 0.579. The van der Waals surface area contributed by atoms with Crippen LogP contribution in [0.3, 0.4) is 0 Å². The minimum Gasteiger partial charge on any atom is -0.481 e. The van der Waals surface area contributed by atoms with Gasteiger partial charge >= 0.3 is 23.9 Å². The highest BCUT2D eigenvalue weighted by Gasteiger charge is 2.49. The summed E-state index contributed by atoms with van der Waals surface area (Å²) in [6.07, 6.45) is 11.0. The number of carboxylic acids is 2. The zero-order valence-corrected chi connectivity index (χ0v) is 29.9. The Morgan fingerprint density at radius 1 is 0.902 bits per heavy atom. The summed E-state index contributed by atoms with van der Waals surface area (Å²) in [4.78, 5) is 74.1. The van der Waals surface area contributed by atoms with Gasteiger partial charge in [-0.25, -0.2) is 14.4 Å². The molecule has 0 spiro atoms. The van der Waals surface area contributed by atoms with E-state index in [0.717, 1.165) is 58.1 Å². The van der Waals surface area contributed by atoms with Crippen LogP contribution in [0.1, 0.15) is 103 Å². The highest BCUT2D eigenvalue weighted by atomic mass is 16.6. The highest BCUT2D eigenvalue weighted by Crippen LogP contribution is 2.26.